The van der Waals surface area contributed by atoms with E-state index in [1.807, 2.05) is 6.07 Å². The predicted molar refractivity (Wildman–Crippen MR) is 72.1 cm³/mol. The lowest BCUT2D eigenvalue weighted by molar-refractivity contribution is -0.386. The molecule has 0 aliphatic heterocycles. The van der Waals surface area contributed by atoms with Crippen LogP contribution in [0.4, 0.5) is 5.69 Å². The highest BCUT2D eigenvalue weighted by molar-refractivity contribution is 9.10. The van der Waals surface area contributed by atoms with Gasteiger partial charge in [-0.3, -0.25) is 10.1 Å². The van der Waals surface area contributed by atoms with Gasteiger partial charge in [-0.25, -0.2) is 4.68 Å². The van der Waals surface area contributed by atoms with Gasteiger partial charge in [0, 0.05) is 4.47 Å². The maximum atomic E-state index is 11.0. The van der Waals surface area contributed by atoms with Gasteiger partial charge in [-0.2, -0.15) is 10.4 Å². The number of nitro groups is 1. The lowest BCUT2D eigenvalue weighted by Crippen LogP contribution is -2.01. The Morgan fingerprint density at radius 3 is 2.63 bits per heavy atom. The third-order valence-corrected chi connectivity index (χ3v) is 3.38. The molecule has 2 aromatic rings. The van der Waals surface area contributed by atoms with E-state index in [4.69, 9.17) is 5.26 Å². The highest BCUT2D eigenvalue weighted by atomic mass is 79.9. The fourth-order valence-corrected chi connectivity index (χ4v) is 2.43. The Morgan fingerprint density at radius 2 is 2.16 bits per heavy atom. The Hall–Kier alpha value is -2.20. The summed E-state index contributed by atoms with van der Waals surface area (Å²) in [5, 5.41) is 24.0. The highest BCUT2D eigenvalue weighted by Gasteiger charge is 2.23. The van der Waals surface area contributed by atoms with Crippen LogP contribution in [0.1, 0.15) is 17.0 Å². The minimum Gasteiger partial charge on any atom is -0.258 e. The van der Waals surface area contributed by atoms with Crippen LogP contribution in [-0.4, -0.2) is 14.7 Å². The molecule has 0 fully saturated rings. The zero-order valence-corrected chi connectivity index (χ0v) is 11.8. The standard InChI is InChI=1S/C12H9BrN4O2/c1-7-12(17(18)19)8(2)16(15-7)11-4-3-9(6-14)5-10(11)13/h3-5H,1-2H3. The summed E-state index contributed by atoms with van der Waals surface area (Å²) in [7, 11) is 0. The van der Waals surface area contributed by atoms with Gasteiger partial charge < -0.3 is 0 Å². The first-order valence-corrected chi connectivity index (χ1v) is 6.15. The lowest BCUT2D eigenvalue weighted by atomic mass is 10.2. The second-order valence-electron chi connectivity index (χ2n) is 3.97. The second kappa shape index (κ2) is 4.82. The molecule has 1 aromatic carbocycles. The Kier molecular flexibility index (Phi) is 3.36. The van der Waals surface area contributed by atoms with Crippen molar-refractivity contribution in [1.82, 2.24) is 9.78 Å². The largest absolute Gasteiger partial charge is 0.313 e. The summed E-state index contributed by atoms with van der Waals surface area (Å²) in [6.45, 7) is 3.24. The number of aromatic nitrogens is 2. The van der Waals surface area contributed by atoms with Crippen molar-refractivity contribution >= 4 is 21.6 Å². The molecule has 0 aliphatic rings. The van der Waals surface area contributed by atoms with Crippen LogP contribution in [0, 0.1) is 35.3 Å². The van der Waals surface area contributed by atoms with Gasteiger partial charge in [0.2, 0.25) is 0 Å². The summed E-state index contributed by atoms with van der Waals surface area (Å²) in [6.07, 6.45) is 0. The van der Waals surface area contributed by atoms with Crippen molar-refractivity contribution in [2.45, 2.75) is 13.8 Å². The number of nitrogens with zero attached hydrogens (tertiary/aromatic N) is 4. The molecule has 19 heavy (non-hydrogen) atoms. The van der Waals surface area contributed by atoms with E-state index >= 15 is 0 Å². The van der Waals surface area contributed by atoms with Crippen LogP contribution in [-0.2, 0) is 0 Å². The molecule has 0 N–H and O–H groups in total. The minimum atomic E-state index is -0.439. The van der Waals surface area contributed by atoms with Crippen LogP contribution in [0.2, 0.25) is 0 Å². The van der Waals surface area contributed by atoms with Crippen molar-refractivity contribution in [3.05, 3.63) is 49.7 Å². The Balaban J connectivity index is 2.64. The molecule has 0 unspecified atom stereocenters. The van der Waals surface area contributed by atoms with Crippen LogP contribution in [0.15, 0.2) is 22.7 Å². The van der Waals surface area contributed by atoms with E-state index in [2.05, 4.69) is 21.0 Å². The van der Waals surface area contributed by atoms with Crippen LogP contribution in [0.25, 0.3) is 5.69 Å². The predicted octanol–water partition coefficient (Wildman–Crippen LogP) is 3.03. The number of aryl methyl sites for hydroxylation is 1. The van der Waals surface area contributed by atoms with E-state index in [1.165, 1.54) is 4.68 Å². The molecule has 0 aliphatic carbocycles. The van der Waals surface area contributed by atoms with Crippen LogP contribution >= 0.6 is 15.9 Å². The van der Waals surface area contributed by atoms with Crippen molar-refractivity contribution in [3.63, 3.8) is 0 Å². The van der Waals surface area contributed by atoms with Crippen molar-refractivity contribution in [2.24, 2.45) is 0 Å². The monoisotopic (exact) mass is 320 g/mol. The zero-order chi connectivity index (χ0) is 14.2. The van der Waals surface area contributed by atoms with E-state index in [1.54, 1.807) is 32.0 Å². The van der Waals surface area contributed by atoms with E-state index in [-0.39, 0.29) is 5.69 Å². The van der Waals surface area contributed by atoms with E-state index in [0.29, 0.717) is 27.1 Å². The summed E-state index contributed by atoms with van der Waals surface area (Å²) in [6, 6.07) is 7.02. The van der Waals surface area contributed by atoms with Gasteiger partial charge >= 0.3 is 5.69 Å². The number of benzene rings is 1. The third kappa shape index (κ3) is 2.22. The average molecular weight is 321 g/mol. The molecule has 2 rings (SSSR count). The van der Waals surface area contributed by atoms with Crippen LogP contribution in [0.5, 0.6) is 0 Å². The van der Waals surface area contributed by atoms with Gasteiger partial charge in [-0.05, 0) is 48.0 Å². The lowest BCUT2D eigenvalue weighted by Gasteiger charge is -2.06. The Morgan fingerprint density at radius 1 is 1.47 bits per heavy atom. The molecule has 0 radical (unpaired) electrons. The van der Waals surface area contributed by atoms with Crippen LogP contribution in [0.3, 0.4) is 0 Å². The fraction of sp³-hybridized carbons (Fsp3) is 0.167. The first-order chi connectivity index (χ1) is 8.95. The van der Waals surface area contributed by atoms with Crippen molar-refractivity contribution in [3.8, 4) is 11.8 Å². The molecule has 0 atom stereocenters. The van der Waals surface area contributed by atoms with Gasteiger partial charge in [0.25, 0.3) is 0 Å². The SMILES string of the molecule is Cc1nn(-c2ccc(C#N)cc2Br)c(C)c1[N+](=O)[O-]. The smallest absolute Gasteiger partial charge is 0.258 e. The minimum absolute atomic E-state index is 0.0104. The Bertz CT molecular complexity index is 715. The maximum absolute atomic E-state index is 11.0. The number of hydrogen-bond donors (Lipinski definition) is 0. The van der Waals surface area contributed by atoms with Gasteiger partial charge in [-0.15, -0.1) is 0 Å². The Labute approximate surface area is 117 Å². The molecule has 6 nitrogen and oxygen atoms in total. The van der Waals surface area contributed by atoms with Crippen LogP contribution < -0.4 is 0 Å². The average Bonchev–Trinajstić information content (AvgIpc) is 2.64. The zero-order valence-electron chi connectivity index (χ0n) is 10.2. The maximum Gasteiger partial charge on any atom is 0.313 e. The first kappa shape index (κ1) is 13.2. The topological polar surface area (TPSA) is 84.8 Å². The fourth-order valence-electron chi connectivity index (χ4n) is 1.88. The molecule has 7 heteroatoms. The quantitative estimate of drug-likeness (QED) is 0.628. The van der Waals surface area contributed by atoms with Crippen molar-refractivity contribution < 1.29 is 4.92 Å². The molecular formula is C12H9BrN4O2. The first-order valence-electron chi connectivity index (χ1n) is 5.36. The van der Waals surface area contributed by atoms with Crippen molar-refractivity contribution in [1.29, 1.82) is 5.26 Å². The van der Waals surface area contributed by atoms with E-state index in [0.717, 1.165) is 0 Å². The molecule has 0 amide bonds. The summed E-state index contributed by atoms with van der Waals surface area (Å²) < 4.78 is 2.16. The van der Waals surface area contributed by atoms with E-state index < -0.39 is 4.92 Å². The van der Waals surface area contributed by atoms with E-state index in [9.17, 15) is 10.1 Å². The molecule has 1 aromatic heterocycles. The molecule has 1 heterocycles. The molecule has 0 saturated carbocycles. The molecule has 0 saturated heterocycles. The number of nitriles is 1. The summed E-state index contributed by atoms with van der Waals surface area (Å²) in [5.41, 5.74) is 1.99. The summed E-state index contributed by atoms with van der Waals surface area (Å²) in [4.78, 5) is 10.5. The molecular weight excluding hydrogens is 312 g/mol. The van der Waals surface area contributed by atoms with Gasteiger partial charge in [0.1, 0.15) is 11.4 Å². The number of halogens is 1. The summed E-state index contributed by atoms with van der Waals surface area (Å²) >= 11 is 3.35. The molecule has 96 valence electrons. The van der Waals surface area contributed by atoms with Gasteiger partial charge in [0.05, 0.1) is 22.2 Å². The van der Waals surface area contributed by atoms with Gasteiger partial charge in [0.15, 0.2) is 0 Å². The van der Waals surface area contributed by atoms with Gasteiger partial charge in [-0.1, -0.05) is 0 Å². The molecule has 0 spiro atoms. The van der Waals surface area contributed by atoms with Crippen molar-refractivity contribution in [2.75, 3.05) is 0 Å². The number of hydrogen-bond acceptors (Lipinski definition) is 4. The number of rotatable bonds is 2. The highest BCUT2D eigenvalue weighted by Crippen LogP contribution is 2.28. The molecule has 0 bridgehead atoms. The summed E-state index contributed by atoms with van der Waals surface area (Å²) in [5.74, 6) is 0. The normalized spacial score (nSPS) is 10.2. The second-order valence-corrected chi connectivity index (χ2v) is 4.82. The third-order valence-electron chi connectivity index (χ3n) is 2.74.